The van der Waals surface area contributed by atoms with Crippen molar-refractivity contribution in [3.8, 4) is 5.75 Å². The lowest BCUT2D eigenvalue weighted by Crippen LogP contribution is -2.44. The van der Waals surface area contributed by atoms with Crippen LogP contribution in [0.15, 0.2) is 24.3 Å². The fourth-order valence-electron chi connectivity index (χ4n) is 2.70. The molecule has 1 aliphatic rings. The van der Waals surface area contributed by atoms with E-state index >= 15 is 0 Å². The van der Waals surface area contributed by atoms with Crippen molar-refractivity contribution in [2.24, 2.45) is 5.92 Å². The highest BCUT2D eigenvalue weighted by Gasteiger charge is 2.41. The van der Waals surface area contributed by atoms with Crippen molar-refractivity contribution in [3.05, 3.63) is 29.8 Å². The zero-order valence-corrected chi connectivity index (χ0v) is 14.8. The van der Waals surface area contributed by atoms with Crippen LogP contribution in [0, 0.1) is 5.92 Å². The van der Waals surface area contributed by atoms with E-state index in [1.807, 2.05) is 38.1 Å². The van der Waals surface area contributed by atoms with Gasteiger partial charge in [0.25, 0.3) is 0 Å². The van der Waals surface area contributed by atoms with Crippen molar-refractivity contribution in [1.29, 1.82) is 0 Å². The Kier molecular flexibility index (Phi) is 5.93. The van der Waals surface area contributed by atoms with Crippen LogP contribution in [0.5, 0.6) is 5.75 Å². The molecule has 1 aromatic carbocycles. The number of nitrogens with zero attached hydrogens (tertiary/aromatic N) is 1. The van der Waals surface area contributed by atoms with E-state index in [0.717, 1.165) is 11.3 Å². The molecule has 1 unspecified atom stereocenters. The van der Waals surface area contributed by atoms with E-state index in [1.165, 1.54) is 18.9 Å². The Labute approximate surface area is 141 Å². The van der Waals surface area contributed by atoms with E-state index in [0.29, 0.717) is 12.2 Å². The zero-order valence-electron chi connectivity index (χ0n) is 13.9. The van der Waals surface area contributed by atoms with Crippen molar-refractivity contribution in [1.82, 2.24) is 4.90 Å². The van der Waals surface area contributed by atoms with Crippen LogP contribution in [-0.4, -0.2) is 42.8 Å². The van der Waals surface area contributed by atoms with Gasteiger partial charge in [-0.1, -0.05) is 26.0 Å². The van der Waals surface area contributed by atoms with Crippen molar-refractivity contribution in [3.63, 3.8) is 0 Å². The Hall–Kier alpha value is -1.69. The SMILES string of the molecule is COC(=O)[C@H](CC(C)C)N1C(=O)CSC1c1ccc(OC)cc1. The molecule has 126 valence electrons. The van der Waals surface area contributed by atoms with Gasteiger partial charge in [-0.3, -0.25) is 4.79 Å². The summed E-state index contributed by atoms with van der Waals surface area (Å²) in [6.45, 7) is 4.07. The average Bonchev–Trinajstić information content (AvgIpc) is 2.93. The van der Waals surface area contributed by atoms with Gasteiger partial charge in [0.15, 0.2) is 0 Å². The minimum atomic E-state index is -0.547. The van der Waals surface area contributed by atoms with Crippen molar-refractivity contribution < 1.29 is 19.1 Å². The molecule has 2 rings (SSSR count). The summed E-state index contributed by atoms with van der Waals surface area (Å²) in [6.07, 6.45) is 0.589. The molecule has 0 spiro atoms. The third-order valence-electron chi connectivity index (χ3n) is 3.81. The molecule has 0 radical (unpaired) electrons. The minimum Gasteiger partial charge on any atom is -0.497 e. The lowest BCUT2D eigenvalue weighted by molar-refractivity contribution is -0.152. The number of hydrogen-bond acceptors (Lipinski definition) is 5. The molecule has 1 amide bonds. The second-order valence-corrected chi connectivity index (χ2v) is 6.97. The summed E-state index contributed by atoms with van der Waals surface area (Å²) in [5.41, 5.74) is 0.985. The first-order valence-electron chi connectivity index (χ1n) is 7.62. The van der Waals surface area contributed by atoms with Crippen LogP contribution in [0.4, 0.5) is 0 Å². The number of esters is 1. The number of methoxy groups -OCH3 is 2. The number of ether oxygens (including phenoxy) is 2. The fourth-order valence-corrected chi connectivity index (χ4v) is 3.93. The van der Waals surface area contributed by atoms with Gasteiger partial charge in [-0.05, 0) is 30.0 Å². The molecule has 1 heterocycles. The highest BCUT2D eigenvalue weighted by molar-refractivity contribution is 8.00. The summed E-state index contributed by atoms with van der Waals surface area (Å²) in [5.74, 6) is 1.05. The summed E-state index contributed by atoms with van der Waals surface area (Å²) in [6, 6.07) is 7.06. The van der Waals surface area contributed by atoms with Gasteiger partial charge in [0, 0.05) is 0 Å². The van der Waals surface area contributed by atoms with Crippen LogP contribution in [0.2, 0.25) is 0 Å². The Bertz CT molecular complexity index is 558. The summed E-state index contributed by atoms with van der Waals surface area (Å²) >= 11 is 1.54. The van der Waals surface area contributed by atoms with E-state index in [9.17, 15) is 9.59 Å². The average molecular weight is 337 g/mol. The maximum Gasteiger partial charge on any atom is 0.328 e. The van der Waals surface area contributed by atoms with Gasteiger partial charge in [0.05, 0.1) is 20.0 Å². The molecule has 1 aliphatic heterocycles. The number of amides is 1. The van der Waals surface area contributed by atoms with Crippen LogP contribution in [-0.2, 0) is 14.3 Å². The first-order valence-corrected chi connectivity index (χ1v) is 8.67. The Morgan fingerprint density at radius 1 is 1.30 bits per heavy atom. The topological polar surface area (TPSA) is 55.8 Å². The fraction of sp³-hybridized carbons (Fsp3) is 0.529. The third kappa shape index (κ3) is 3.99. The van der Waals surface area contributed by atoms with Crippen molar-refractivity contribution in [2.45, 2.75) is 31.7 Å². The Morgan fingerprint density at radius 2 is 1.96 bits per heavy atom. The van der Waals surface area contributed by atoms with E-state index in [1.54, 1.807) is 12.0 Å². The van der Waals surface area contributed by atoms with Crippen LogP contribution in [0.3, 0.4) is 0 Å². The van der Waals surface area contributed by atoms with Gasteiger partial charge in [-0.15, -0.1) is 11.8 Å². The third-order valence-corrected chi connectivity index (χ3v) is 5.04. The molecule has 0 N–H and O–H groups in total. The molecule has 1 aromatic rings. The lowest BCUT2D eigenvalue weighted by atomic mass is 10.0. The molecule has 0 bridgehead atoms. The maximum atomic E-state index is 12.4. The molecule has 6 heteroatoms. The molecule has 5 nitrogen and oxygen atoms in total. The highest BCUT2D eigenvalue weighted by Crippen LogP contribution is 2.41. The van der Waals surface area contributed by atoms with Gasteiger partial charge in [0.2, 0.25) is 5.91 Å². The monoisotopic (exact) mass is 337 g/mol. The summed E-state index contributed by atoms with van der Waals surface area (Å²) in [5, 5.41) is -0.170. The largest absolute Gasteiger partial charge is 0.497 e. The van der Waals surface area contributed by atoms with Crippen LogP contribution in [0.1, 0.15) is 31.2 Å². The number of hydrogen-bond donors (Lipinski definition) is 0. The van der Waals surface area contributed by atoms with Gasteiger partial charge >= 0.3 is 5.97 Å². The predicted octanol–water partition coefficient (Wildman–Crippen LogP) is 2.86. The molecule has 0 aromatic heterocycles. The zero-order chi connectivity index (χ0) is 17.0. The number of benzene rings is 1. The van der Waals surface area contributed by atoms with E-state index in [4.69, 9.17) is 9.47 Å². The van der Waals surface area contributed by atoms with Gasteiger partial charge in [-0.2, -0.15) is 0 Å². The predicted molar refractivity (Wildman–Crippen MR) is 90.3 cm³/mol. The minimum absolute atomic E-state index is 0.0214. The summed E-state index contributed by atoms with van der Waals surface area (Å²) in [4.78, 5) is 26.3. The molecule has 1 fully saturated rings. The Morgan fingerprint density at radius 3 is 2.48 bits per heavy atom. The maximum absolute atomic E-state index is 12.4. The number of carbonyl (C=O) groups excluding carboxylic acids is 2. The standard InChI is InChI=1S/C17H23NO4S/c1-11(2)9-14(17(20)22-4)18-15(19)10-23-16(18)12-5-7-13(21-3)8-6-12/h5-8,11,14,16H,9-10H2,1-4H3/t14-,16?/m0/s1. The van der Waals surface area contributed by atoms with Crippen LogP contribution in [0.25, 0.3) is 0 Å². The van der Waals surface area contributed by atoms with E-state index < -0.39 is 6.04 Å². The number of thioether (sulfide) groups is 1. The van der Waals surface area contributed by atoms with Gasteiger partial charge in [0.1, 0.15) is 17.2 Å². The molecule has 2 atom stereocenters. The van der Waals surface area contributed by atoms with Crippen LogP contribution >= 0.6 is 11.8 Å². The molecular formula is C17H23NO4S. The molecule has 1 saturated heterocycles. The molecular weight excluding hydrogens is 314 g/mol. The van der Waals surface area contributed by atoms with E-state index in [2.05, 4.69) is 0 Å². The van der Waals surface area contributed by atoms with Gasteiger partial charge in [-0.25, -0.2) is 4.79 Å². The second-order valence-electron chi connectivity index (χ2n) is 5.91. The normalized spacial score (nSPS) is 19.1. The quantitative estimate of drug-likeness (QED) is 0.747. The molecule has 0 saturated carbocycles. The van der Waals surface area contributed by atoms with Gasteiger partial charge < -0.3 is 14.4 Å². The van der Waals surface area contributed by atoms with E-state index in [-0.39, 0.29) is 23.2 Å². The lowest BCUT2D eigenvalue weighted by Gasteiger charge is -2.32. The molecule has 23 heavy (non-hydrogen) atoms. The Balaban J connectivity index is 2.30. The first kappa shape index (κ1) is 17.7. The summed E-state index contributed by atoms with van der Waals surface area (Å²) in [7, 11) is 2.98. The van der Waals surface area contributed by atoms with Crippen molar-refractivity contribution in [2.75, 3.05) is 20.0 Å². The summed E-state index contributed by atoms with van der Waals surface area (Å²) < 4.78 is 10.1. The van der Waals surface area contributed by atoms with Crippen molar-refractivity contribution >= 4 is 23.6 Å². The number of rotatable bonds is 6. The smallest absolute Gasteiger partial charge is 0.328 e. The highest BCUT2D eigenvalue weighted by atomic mass is 32.2. The first-order chi connectivity index (χ1) is 11.0. The second kappa shape index (κ2) is 7.73. The molecule has 0 aliphatic carbocycles. The number of carbonyl (C=O) groups is 2. The van der Waals surface area contributed by atoms with Crippen LogP contribution < -0.4 is 4.74 Å².